The zero-order valence-electron chi connectivity index (χ0n) is 13.3. The van der Waals surface area contributed by atoms with Crippen LogP contribution in [0.3, 0.4) is 0 Å². The zero-order chi connectivity index (χ0) is 16.2. The molecule has 0 spiro atoms. The smallest absolute Gasteiger partial charge is 0.207 e. The summed E-state index contributed by atoms with van der Waals surface area (Å²) in [5, 5.41) is 0. The van der Waals surface area contributed by atoms with Gasteiger partial charge in [0.05, 0.1) is 4.90 Å². The average molecular weight is 317 g/mol. The van der Waals surface area contributed by atoms with Crippen LogP contribution in [0.1, 0.15) is 37.9 Å². The van der Waals surface area contributed by atoms with Crippen molar-refractivity contribution in [1.82, 2.24) is 4.72 Å². The Kier molecular flexibility index (Phi) is 5.37. The number of aryl methyl sites for hydroxylation is 1. The van der Waals surface area contributed by atoms with Crippen LogP contribution in [0.4, 0.5) is 0 Å². The van der Waals surface area contributed by atoms with Crippen molar-refractivity contribution in [2.24, 2.45) is 5.92 Å². The standard InChI is InChI=1S/C18H23NO2S/c1-4-15-10-12-17(13-11-15)22(20,21)19-18(14(2)3)16-8-6-5-7-9-16/h5-14,18-19H,4H2,1-3H3/t18-/m1/s1. The lowest BCUT2D eigenvalue weighted by Crippen LogP contribution is -2.31. The van der Waals surface area contributed by atoms with E-state index in [0.717, 1.165) is 17.5 Å². The highest BCUT2D eigenvalue weighted by atomic mass is 32.2. The van der Waals surface area contributed by atoms with Crippen molar-refractivity contribution in [3.05, 3.63) is 65.7 Å². The number of hydrogen-bond acceptors (Lipinski definition) is 2. The Hall–Kier alpha value is -1.65. The lowest BCUT2D eigenvalue weighted by Gasteiger charge is -2.23. The SMILES string of the molecule is CCc1ccc(S(=O)(=O)N[C@@H](c2ccccc2)C(C)C)cc1. The predicted octanol–water partition coefficient (Wildman–Crippen LogP) is 3.92. The minimum atomic E-state index is -3.53. The molecular weight excluding hydrogens is 294 g/mol. The van der Waals surface area contributed by atoms with E-state index < -0.39 is 10.0 Å². The fraction of sp³-hybridized carbons (Fsp3) is 0.333. The van der Waals surface area contributed by atoms with Crippen molar-refractivity contribution >= 4 is 10.0 Å². The molecule has 0 heterocycles. The van der Waals surface area contributed by atoms with Gasteiger partial charge in [0.1, 0.15) is 0 Å². The molecule has 3 nitrogen and oxygen atoms in total. The summed E-state index contributed by atoms with van der Waals surface area (Å²) in [4.78, 5) is 0.311. The Morgan fingerprint density at radius 1 is 0.955 bits per heavy atom. The van der Waals surface area contributed by atoms with Crippen LogP contribution in [0.5, 0.6) is 0 Å². The number of hydrogen-bond donors (Lipinski definition) is 1. The fourth-order valence-corrected chi connectivity index (χ4v) is 3.76. The summed E-state index contributed by atoms with van der Waals surface area (Å²) in [6.45, 7) is 6.08. The van der Waals surface area contributed by atoms with Gasteiger partial charge in [0.2, 0.25) is 10.0 Å². The monoisotopic (exact) mass is 317 g/mol. The van der Waals surface area contributed by atoms with E-state index in [-0.39, 0.29) is 12.0 Å². The highest BCUT2D eigenvalue weighted by Crippen LogP contribution is 2.24. The third-order valence-electron chi connectivity index (χ3n) is 3.75. The van der Waals surface area contributed by atoms with E-state index in [1.165, 1.54) is 0 Å². The first-order valence-electron chi connectivity index (χ1n) is 7.60. The van der Waals surface area contributed by atoms with Gasteiger partial charge in [-0.1, -0.05) is 63.2 Å². The van der Waals surface area contributed by atoms with Crippen molar-refractivity contribution in [1.29, 1.82) is 0 Å². The number of nitrogens with one attached hydrogen (secondary N) is 1. The Labute approximate surface area is 133 Å². The predicted molar refractivity (Wildman–Crippen MR) is 90.2 cm³/mol. The lowest BCUT2D eigenvalue weighted by molar-refractivity contribution is 0.463. The topological polar surface area (TPSA) is 46.2 Å². The summed E-state index contributed by atoms with van der Waals surface area (Å²) < 4.78 is 28.1. The molecule has 0 saturated heterocycles. The lowest BCUT2D eigenvalue weighted by atomic mass is 9.97. The third-order valence-corrected chi connectivity index (χ3v) is 5.21. The van der Waals surface area contributed by atoms with E-state index in [1.54, 1.807) is 12.1 Å². The third kappa shape index (κ3) is 3.96. The van der Waals surface area contributed by atoms with Crippen molar-refractivity contribution < 1.29 is 8.42 Å². The molecule has 4 heteroatoms. The molecule has 0 bridgehead atoms. The molecule has 1 atom stereocenters. The quantitative estimate of drug-likeness (QED) is 0.877. The number of benzene rings is 2. The van der Waals surface area contributed by atoms with E-state index >= 15 is 0 Å². The van der Waals surface area contributed by atoms with E-state index in [1.807, 2.05) is 63.2 Å². The Balaban J connectivity index is 2.28. The van der Waals surface area contributed by atoms with Gasteiger partial charge in [-0.05, 0) is 35.6 Å². The molecule has 2 aromatic carbocycles. The van der Waals surface area contributed by atoms with Crippen molar-refractivity contribution in [3.8, 4) is 0 Å². The Morgan fingerprint density at radius 3 is 2.05 bits per heavy atom. The first kappa shape index (κ1) is 16.7. The normalized spacial score (nSPS) is 13.3. The molecule has 1 N–H and O–H groups in total. The summed E-state index contributed by atoms with van der Waals surface area (Å²) in [5.41, 5.74) is 2.11. The Morgan fingerprint density at radius 2 is 1.55 bits per heavy atom. The second-order valence-corrected chi connectivity index (χ2v) is 7.47. The molecule has 22 heavy (non-hydrogen) atoms. The molecule has 2 aromatic rings. The summed E-state index contributed by atoms with van der Waals surface area (Å²) >= 11 is 0. The van der Waals surface area contributed by atoms with Gasteiger partial charge < -0.3 is 0 Å². The largest absolute Gasteiger partial charge is 0.241 e. The number of sulfonamides is 1. The molecule has 0 fully saturated rings. The van der Waals surface area contributed by atoms with Gasteiger partial charge in [0.15, 0.2) is 0 Å². The molecule has 0 aliphatic carbocycles. The Bertz CT molecular complexity index is 692. The van der Waals surface area contributed by atoms with Gasteiger partial charge in [-0.2, -0.15) is 0 Å². The minimum Gasteiger partial charge on any atom is -0.207 e. The summed E-state index contributed by atoms with van der Waals surface area (Å²) in [6.07, 6.45) is 0.895. The minimum absolute atomic E-state index is 0.159. The number of rotatable bonds is 6. The van der Waals surface area contributed by atoms with E-state index in [4.69, 9.17) is 0 Å². The first-order valence-corrected chi connectivity index (χ1v) is 9.08. The molecule has 0 aliphatic heterocycles. The molecule has 0 amide bonds. The fourth-order valence-electron chi connectivity index (χ4n) is 2.39. The van der Waals surface area contributed by atoms with Crippen LogP contribution in [0.25, 0.3) is 0 Å². The van der Waals surface area contributed by atoms with E-state index in [2.05, 4.69) is 4.72 Å². The van der Waals surface area contributed by atoms with Gasteiger partial charge >= 0.3 is 0 Å². The van der Waals surface area contributed by atoms with Crippen LogP contribution in [-0.4, -0.2) is 8.42 Å². The highest BCUT2D eigenvalue weighted by molar-refractivity contribution is 7.89. The van der Waals surface area contributed by atoms with Crippen LogP contribution >= 0.6 is 0 Å². The molecule has 0 unspecified atom stereocenters. The summed E-state index contributed by atoms with van der Waals surface area (Å²) in [5.74, 6) is 0.159. The van der Waals surface area contributed by atoms with Crippen molar-refractivity contribution in [2.45, 2.75) is 38.1 Å². The van der Waals surface area contributed by atoms with Crippen LogP contribution in [0.2, 0.25) is 0 Å². The van der Waals surface area contributed by atoms with Gasteiger partial charge in [0.25, 0.3) is 0 Å². The van der Waals surface area contributed by atoms with Crippen LogP contribution in [0.15, 0.2) is 59.5 Å². The van der Waals surface area contributed by atoms with Crippen molar-refractivity contribution in [3.63, 3.8) is 0 Å². The highest BCUT2D eigenvalue weighted by Gasteiger charge is 2.23. The molecule has 0 saturated carbocycles. The second kappa shape index (κ2) is 7.07. The molecule has 118 valence electrons. The summed E-state index contributed by atoms with van der Waals surface area (Å²) in [7, 11) is -3.53. The van der Waals surface area contributed by atoms with Gasteiger partial charge in [-0.25, -0.2) is 13.1 Å². The van der Waals surface area contributed by atoms with Gasteiger partial charge in [0, 0.05) is 6.04 Å². The van der Waals surface area contributed by atoms with Crippen LogP contribution in [0, 0.1) is 5.92 Å². The maximum atomic E-state index is 12.6. The average Bonchev–Trinajstić information content (AvgIpc) is 2.53. The second-order valence-electron chi connectivity index (χ2n) is 5.75. The van der Waals surface area contributed by atoms with Gasteiger partial charge in [-0.3, -0.25) is 0 Å². The zero-order valence-corrected chi connectivity index (χ0v) is 14.1. The van der Waals surface area contributed by atoms with E-state index in [9.17, 15) is 8.42 Å². The molecular formula is C18H23NO2S. The maximum Gasteiger partial charge on any atom is 0.241 e. The van der Waals surface area contributed by atoms with Crippen LogP contribution < -0.4 is 4.72 Å². The summed E-state index contributed by atoms with van der Waals surface area (Å²) in [6, 6.07) is 16.5. The van der Waals surface area contributed by atoms with Gasteiger partial charge in [-0.15, -0.1) is 0 Å². The first-order chi connectivity index (χ1) is 10.4. The van der Waals surface area contributed by atoms with Crippen LogP contribution in [-0.2, 0) is 16.4 Å². The molecule has 2 rings (SSSR count). The van der Waals surface area contributed by atoms with Crippen molar-refractivity contribution in [2.75, 3.05) is 0 Å². The molecule has 0 aromatic heterocycles. The maximum absolute atomic E-state index is 12.6. The van der Waals surface area contributed by atoms with E-state index in [0.29, 0.717) is 4.90 Å². The molecule has 0 aliphatic rings. The molecule has 0 radical (unpaired) electrons.